The van der Waals surface area contributed by atoms with E-state index in [9.17, 15) is 13.2 Å². The molecule has 0 aliphatic heterocycles. The fraction of sp³-hybridized carbons (Fsp3) is 0.500. The number of sulfonamides is 1. The van der Waals surface area contributed by atoms with Crippen LogP contribution < -0.4 is 15.2 Å². The van der Waals surface area contributed by atoms with Crippen molar-refractivity contribution >= 4 is 21.6 Å². The molecule has 0 bridgehead atoms. The predicted molar refractivity (Wildman–Crippen MR) is 77.3 cm³/mol. The zero-order valence-electron chi connectivity index (χ0n) is 11.7. The number of hydrogen-bond donors (Lipinski definition) is 2. The highest BCUT2D eigenvalue weighted by atomic mass is 32.2. The molecule has 7 heteroatoms. The van der Waals surface area contributed by atoms with Crippen molar-refractivity contribution in [2.45, 2.75) is 24.2 Å². The molecular weight excluding hydrogens is 292 g/mol. The average molecular weight is 310 g/mol. The smallest absolute Gasteiger partial charge is 0.241 e. The van der Waals surface area contributed by atoms with Gasteiger partial charge < -0.3 is 10.1 Å². The molecule has 2 atom stereocenters. The summed E-state index contributed by atoms with van der Waals surface area (Å²) < 4.78 is 28.1. The molecule has 21 heavy (non-hydrogen) atoms. The Morgan fingerprint density at radius 1 is 1.29 bits per heavy atom. The fourth-order valence-electron chi connectivity index (χ4n) is 3.15. The minimum atomic E-state index is -3.90. The number of benzene rings is 1. The number of primary sulfonamides is 1. The quantitative estimate of drug-likeness (QED) is 0.876. The Labute approximate surface area is 123 Å². The molecule has 2 fully saturated rings. The molecule has 0 spiro atoms. The van der Waals surface area contributed by atoms with Gasteiger partial charge in [0, 0.05) is 11.6 Å². The molecule has 3 rings (SSSR count). The standard InChI is InChI=1S/C14H18N2O4S/c1-20-12-3-2-11(7-13(12)21(15,18)19)16-14(17)10-5-8-4-9(8)6-10/h2-3,7-10H,4-6H2,1H3,(H,16,17)(H2,15,18,19). The molecule has 1 amide bonds. The maximum absolute atomic E-state index is 12.2. The average Bonchev–Trinajstić information content (AvgIpc) is 3.04. The van der Waals surface area contributed by atoms with Crippen LogP contribution in [0.4, 0.5) is 5.69 Å². The Kier molecular flexibility index (Phi) is 3.41. The first-order valence-corrected chi connectivity index (χ1v) is 8.45. The summed E-state index contributed by atoms with van der Waals surface area (Å²) in [7, 11) is -2.53. The Morgan fingerprint density at radius 3 is 2.52 bits per heavy atom. The first-order valence-electron chi connectivity index (χ1n) is 6.90. The molecule has 2 aliphatic rings. The van der Waals surface area contributed by atoms with Crippen LogP contribution in [0, 0.1) is 17.8 Å². The van der Waals surface area contributed by atoms with Crippen LogP contribution in [0.3, 0.4) is 0 Å². The third-order valence-corrected chi connectivity index (χ3v) is 5.28. The lowest BCUT2D eigenvalue weighted by Gasteiger charge is -2.14. The molecule has 1 aromatic carbocycles. The van der Waals surface area contributed by atoms with E-state index in [2.05, 4.69) is 5.32 Å². The molecule has 3 N–H and O–H groups in total. The van der Waals surface area contributed by atoms with Crippen molar-refractivity contribution in [3.8, 4) is 5.75 Å². The molecule has 2 unspecified atom stereocenters. The van der Waals surface area contributed by atoms with Gasteiger partial charge >= 0.3 is 0 Å². The molecule has 6 nitrogen and oxygen atoms in total. The van der Waals surface area contributed by atoms with Gasteiger partial charge in [-0.1, -0.05) is 0 Å². The van der Waals surface area contributed by atoms with Gasteiger partial charge in [-0.05, 0) is 49.3 Å². The summed E-state index contributed by atoms with van der Waals surface area (Å²) in [6.07, 6.45) is 3.13. The Morgan fingerprint density at radius 2 is 1.95 bits per heavy atom. The van der Waals surface area contributed by atoms with E-state index in [1.54, 1.807) is 6.07 Å². The fourth-order valence-corrected chi connectivity index (χ4v) is 3.87. The maximum atomic E-state index is 12.2. The molecule has 2 aliphatic carbocycles. The van der Waals surface area contributed by atoms with Crippen LogP contribution in [-0.2, 0) is 14.8 Å². The van der Waals surface area contributed by atoms with Crippen molar-refractivity contribution in [1.29, 1.82) is 0 Å². The molecule has 1 aromatic rings. The molecule has 0 radical (unpaired) electrons. The molecular formula is C14H18N2O4S. The monoisotopic (exact) mass is 310 g/mol. The summed E-state index contributed by atoms with van der Waals surface area (Å²) in [6, 6.07) is 4.43. The second-order valence-corrected chi connectivity index (χ2v) is 7.35. The van der Waals surface area contributed by atoms with E-state index in [4.69, 9.17) is 9.88 Å². The largest absolute Gasteiger partial charge is 0.495 e. The van der Waals surface area contributed by atoms with Gasteiger partial charge in [-0.3, -0.25) is 4.79 Å². The molecule has 2 saturated carbocycles. The van der Waals surface area contributed by atoms with Crippen LogP contribution >= 0.6 is 0 Å². The zero-order valence-corrected chi connectivity index (χ0v) is 12.5. The van der Waals surface area contributed by atoms with Gasteiger partial charge in [0.2, 0.25) is 15.9 Å². The second-order valence-electron chi connectivity index (χ2n) is 5.82. The summed E-state index contributed by atoms with van der Waals surface area (Å²) >= 11 is 0. The van der Waals surface area contributed by atoms with Crippen molar-refractivity contribution in [1.82, 2.24) is 0 Å². The van der Waals surface area contributed by atoms with Gasteiger partial charge in [0.1, 0.15) is 10.6 Å². The van der Waals surface area contributed by atoms with E-state index in [1.165, 1.54) is 25.7 Å². The van der Waals surface area contributed by atoms with E-state index in [-0.39, 0.29) is 22.5 Å². The second kappa shape index (κ2) is 4.99. The summed E-state index contributed by atoms with van der Waals surface area (Å²) in [4.78, 5) is 12.0. The normalized spacial score (nSPS) is 27.0. The van der Waals surface area contributed by atoms with E-state index >= 15 is 0 Å². The van der Waals surface area contributed by atoms with E-state index < -0.39 is 10.0 Å². The van der Waals surface area contributed by atoms with E-state index in [0.29, 0.717) is 5.69 Å². The number of nitrogens with one attached hydrogen (secondary N) is 1. The zero-order chi connectivity index (χ0) is 15.2. The highest BCUT2D eigenvalue weighted by Crippen LogP contribution is 2.54. The minimum Gasteiger partial charge on any atom is -0.495 e. The van der Waals surface area contributed by atoms with Gasteiger partial charge in [0.05, 0.1) is 7.11 Å². The predicted octanol–water partition coefficient (Wildman–Crippen LogP) is 1.33. The summed E-state index contributed by atoms with van der Waals surface area (Å²) in [6.45, 7) is 0. The Hall–Kier alpha value is -1.60. The van der Waals surface area contributed by atoms with Crippen molar-refractivity contribution in [3.05, 3.63) is 18.2 Å². The number of amides is 1. The van der Waals surface area contributed by atoms with E-state index in [1.807, 2.05) is 0 Å². The van der Waals surface area contributed by atoms with Gasteiger partial charge in [-0.2, -0.15) is 0 Å². The molecule has 0 aromatic heterocycles. The Balaban J connectivity index is 1.77. The summed E-state index contributed by atoms with van der Waals surface area (Å²) in [5.74, 6) is 1.59. The van der Waals surface area contributed by atoms with Crippen LogP contribution in [0.15, 0.2) is 23.1 Å². The first-order chi connectivity index (χ1) is 9.88. The summed E-state index contributed by atoms with van der Waals surface area (Å²) in [5.41, 5.74) is 0.422. The van der Waals surface area contributed by atoms with Crippen molar-refractivity contribution in [2.24, 2.45) is 22.9 Å². The van der Waals surface area contributed by atoms with Crippen LogP contribution in [0.1, 0.15) is 19.3 Å². The van der Waals surface area contributed by atoms with Gasteiger partial charge in [-0.25, -0.2) is 13.6 Å². The van der Waals surface area contributed by atoms with E-state index in [0.717, 1.165) is 24.7 Å². The number of fused-ring (bicyclic) bond motifs is 1. The third-order valence-electron chi connectivity index (χ3n) is 4.35. The van der Waals surface area contributed by atoms with Crippen molar-refractivity contribution in [3.63, 3.8) is 0 Å². The maximum Gasteiger partial charge on any atom is 0.241 e. The SMILES string of the molecule is COc1ccc(NC(=O)C2CC3CC3C2)cc1S(N)(=O)=O. The number of carbonyl (C=O) groups is 1. The minimum absolute atomic E-state index is 0.0359. The first kappa shape index (κ1) is 14.3. The molecule has 0 heterocycles. The number of nitrogens with two attached hydrogens (primary N) is 1. The van der Waals surface area contributed by atoms with Gasteiger partial charge in [0.15, 0.2) is 0 Å². The lowest BCUT2D eigenvalue weighted by molar-refractivity contribution is -0.120. The number of methoxy groups -OCH3 is 1. The summed E-state index contributed by atoms with van der Waals surface area (Å²) in [5, 5.41) is 7.93. The third kappa shape index (κ3) is 2.89. The number of anilines is 1. The van der Waals surface area contributed by atoms with Crippen LogP contribution in [0.25, 0.3) is 0 Å². The number of carbonyl (C=O) groups excluding carboxylic acids is 1. The van der Waals surface area contributed by atoms with Gasteiger partial charge in [-0.15, -0.1) is 0 Å². The lowest BCUT2D eigenvalue weighted by Crippen LogP contribution is -2.22. The van der Waals surface area contributed by atoms with Gasteiger partial charge in [0.25, 0.3) is 0 Å². The highest BCUT2D eigenvalue weighted by Gasteiger charge is 2.47. The lowest BCUT2D eigenvalue weighted by atomic mass is 10.0. The molecule has 0 saturated heterocycles. The number of rotatable bonds is 4. The highest BCUT2D eigenvalue weighted by molar-refractivity contribution is 7.89. The van der Waals surface area contributed by atoms with Crippen LogP contribution in [0.2, 0.25) is 0 Å². The van der Waals surface area contributed by atoms with Crippen LogP contribution in [0.5, 0.6) is 5.75 Å². The number of hydrogen-bond acceptors (Lipinski definition) is 4. The topological polar surface area (TPSA) is 98.5 Å². The molecule has 114 valence electrons. The number of ether oxygens (including phenoxy) is 1. The van der Waals surface area contributed by atoms with Crippen molar-refractivity contribution < 1.29 is 17.9 Å². The Bertz CT molecular complexity index is 676. The van der Waals surface area contributed by atoms with Crippen molar-refractivity contribution in [2.75, 3.05) is 12.4 Å². The van der Waals surface area contributed by atoms with Crippen LogP contribution in [-0.4, -0.2) is 21.4 Å².